The van der Waals surface area contributed by atoms with Gasteiger partial charge in [0.2, 0.25) is 11.6 Å². The number of hydrogen-bond acceptors (Lipinski definition) is 4. The van der Waals surface area contributed by atoms with Gasteiger partial charge in [-0.2, -0.15) is 0 Å². The zero-order chi connectivity index (χ0) is 37.5. The number of halogens is 10. The molecule has 0 bridgehead atoms. The summed E-state index contributed by atoms with van der Waals surface area (Å²) in [5.74, 6) is -22.3. The van der Waals surface area contributed by atoms with Crippen LogP contribution in [0, 0.1) is 94.0 Å². The average molecular weight is 712 g/mol. The van der Waals surface area contributed by atoms with E-state index in [0.29, 0.717) is 0 Å². The lowest BCUT2D eigenvalue weighted by molar-refractivity contribution is 0.381. The van der Waals surface area contributed by atoms with E-state index < -0.39 is 91.8 Å². The predicted octanol–water partition coefficient (Wildman–Crippen LogP) is 9.57. The Bertz CT molecular complexity index is 2510. The molecule has 0 atom stereocenters. The Morgan fingerprint density at radius 1 is 0.462 bits per heavy atom. The van der Waals surface area contributed by atoms with Crippen LogP contribution in [0.1, 0.15) is 22.5 Å². The normalized spacial score (nSPS) is 14.0. The number of nitrogens with zero attached hydrogens (tertiary/aromatic N) is 6. The molecule has 6 nitrogen and oxygen atoms in total. The molecule has 7 rings (SSSR count). The van der Waals surface area contributed by atoms with Crippen molar-refractivity contribution in [1.82, 2.24) is 9.97 Å². The van der Waals surface area contributed by atoms with Crippen molar-refractivity contribution in [3.05, 3.63) is 151 Å². The molecule has 0 amide bonds. The maximum atomic E-state index is 14.8. The van der Waals surface area contributed by atoms with Crippen LogP contribution in [0.2, 0.25) is 0 Å². The molecule has 0 N–H and O–H groups in total. The quantitative estimate of drug-likeness (QED) is 0.0588. The minimum atomic E-state index is -2.39. The van der Waals surface area contributed by atoms with Crippen LogP contribution in [0.25, 0.3) is 65.6 Å². The summed E-state index contributed by atoms with van der Waals surface area (Å²) >= 11 is 0. The molecule has 16 heteroatoms. The van der Waals surface area contributed by atoms with Crippen molar-refractivity contribution in [2.24, 2.45) is 0 Å². The first kappa shape index (κ1) is 33.2. The number of rotatable bonds is 2. The van der Waals surface area contributed by atoms with Gasteiger partial charge in [0, 0.05) is 22.3 Å². The highest BCUT2D eigenvalue weighted by Gasteiger charge is 2.38. The highest BCUT2D eigenvalue weighted by molar-refractivity contribution is 6.07. The van der Waals surface area contributed by atoms with E-state index in [1.807, 2.05) is 0 Å². The second-order valence-corrected chi connectivity index (χ2v) is 10.9. The van der Waals surface area contributed by atoms with Gasteiger partial charge in [-0.25, -0.2) is 74.1 Å². The lowest BCUT2D eigenvalue weighted by Gasteiger charge is -2.11. The molecule has 1 heterocycles. The number of nitriles is 2. The Morgan fingerprint density at radius 2 is 0.769 bits per heavy atom. The molecule has 0 aliphatic heterocycles. The monoisotopic (exact) mass is 712 g/mol. The summed E-state index contributed by atoms with van der Waals surface area (Å²) in [6.45, 7) is 15.2. The molecule has 2 aliphatic rings. The van der Waals surface area contributed by atoms with E-state index in [2.05, 4.69) is 19.7 Å². The van der Waals surface area contributed by atoms with Gasteiger partial charge in [-0.1, -0.05) is 24.3 Å². The van der Waals surface area contributed by atoms with Crippen LogP contribution in [0.15, 0.2) is 47.8 Å². The van der Waals surface area contributed by atoms with Gasteiger partial charge < -0.3 is 0 Å². The summed E-state index contributed by atoms with van der Waals surface area (Å²) in [6, 6.07) is 9.46. The summed E-state index contributed by atoms with van der Waals surface area (Å²) in [5.41, 5.74) is -6.39. The summed E-state index contributed by atoms with van der Waals surface area (Å²) in [7, 11) is 0. The Labute approximate surface area is 283 Å². The molecule has 0 radical (unpaired) electrons. The molecule has 0 fully saturated rings. The largest absolute Gasteiger partial charge is 0.271 e. The van der Waals surface area contributed by atoms with E-state index >= 15 is 0 Å². The van der Waals surface area contributed by atoms with E-state index in [-0.39, 0.29) is 56.2 Å². The summed E-state index contributed by atoms with van der Waals surface area (Å²) in [6.07, 6.45) is 0. The molecule has 5 aromatic rings. The highest BCUT2D eigenvalue weighted by atomic mass is 19.2. The van der Waals surface area contributed by atoms with Crippen molar-refractivity contribution in [2.75, 3.05) is 0 Å². The Kier molecular flexibility index (Phi) is 7.44. The predicted molar refractivity (Wildman–Crippen MR) is 160 cm³/mol. The second kappa shape index (κ2) is 11.7. The van der Waals surface area contributed by atoms with E-state index in [1.165, 1.54) is 0 Å². The number of benzene rings is 4. The zero-order valence-corrected chi connectivity index (χ0v) is 24.9. The fraction of sp³-hybridized carbons (Fsp3) is 0. The number of hydrogen-bond donors (Lipinski definition) is 0. The van der Waals surface area contributed by atoms with Gasteiger partial charge in [0.25, 0.3) is 11.4 Å². The van der Waals surface area contributed by atoms with Crippen molar-refractivity contribution >= 4 is 11.1 Å². The fourth-order valence-corrected chi connectivity index (χ4v) is 6.11. The van der Waals surface area contributed by atoms with Crippen LogP contribution in [0.5, 0.6) is 0 Å². The highest BCUT2D eigenvalue weighted by Crippen LogP contribution is 2.52. The van der Waals surface area contributed by atoms with Gasteiger partial charge in [0.15, 0.2) is 46.5 Å². The van der Waals surface area contributed by atoms with E-state index in [1.54, 1.807) is 12.1 Å². The lowest BCUT2D eigenvalue weighted by Crippen LogP contribution is -2.04. The SMILES string of the molecule is [C-]#[N+]/C(C#N)=C1/c2cc(-c3c(F)c(F)c(F)c(F)c3F)ccc2-c2nc3c(nc21)-c1ccc(-c2c(F)c(F)c(F)c(F)c2F)cc1/C3=C(/C#N)[N+]#[C-]. The number of fused-ring (bicyclic) bond motifs is 6. The standard InChI is InChI=1S/C36H6F10N6/c1-49-17(9-47)21-15-7-11(19-23(37)27(41)31(45)28(42)24(19)38)3-5-13(15)33-35(21)51-34-14-6-4-12(20-25(39)29(43)32(46)30(44)26(20)40)8-16(14)22(36(34)52-33)18(10-48)50-2/h3-8H/b21-17-,22-18+. The Balaban J connectivity index is 1.50. The first-order valence-electron chi connectivity index (χ1n) is 14.1. The van der Waals surface area contributed by atoms with E-state index in [9.17, 15) is 54.4 Å². The van der Waals surface area contributed by atoms with Crippen LogP contribution < -0.4 is 0 Å². The molecule has 0 unspecified atom stereocenters. The Morgan fingerprint density at radius 3 is 1.06 bits per heavy atom. The van der Waals surface area contributed by atoms with Gasteiger partial charge in [0.05, 0.1) is 59.2 Å². The summed E-state index contributed by atoms with van der Waals surface area (Å²) in [5, 5.41) is 19.7. The minimum absolute atomic E-state index is 0.0306. The third-order valence-electron chi connectivity index (χ3n) is 8.36. The third-order valence-corrected chi connectivity index (χ3v) is 8.36. The van der Waals surface area contributed by atoms with Crippen molar-refractivity contribution in [2.45, 2.75) is 0 Å². The van der Waals surface area contributed by atoms with Crippen molar-refractivity contribution < 1.29 is 43.9 Å². The molecule has 0 saturated carbocycles. The second-order valence-electron chi connectivity index (χ2n) is 10.9. The first-order chi connectivity index (χ1) is 24.8. The molecule has 0 spiro atoms. The molecule has 2 aliphatic carbocycles. The van der Waals surface area contributed by atoms with Crippen molar-refractivity contribution in [3.63, 3.8) is 0 Å². The lowest BCUT2D eigenvalue weighted by atomic mass is 9.96. The molecule has 250 valence electrons. The topological polar surface area (TPSA) is 82.1 Å². The number of aromatic nitrogens is 2. The average Bonchev–Trinajstić information content (AvgIpc) is 3.63. The van der Waals surface area contributed by atoms with Crippen LogP contribution >= 0.6 is 0 Å². The van der Waals surface area contributed by atoms with Gasteiger partial charge in [-0.3, -0.25) is 0 Å². The maximum Gasteiger partial charge on any atom is 0.271 e. The molecule has 4 aromatic carbocycles. The van der Waals surface area contributed by atoms with Crippen molar-refractivity contribution in [3.8, 4) is 56.9 Å². The fourth-order valence-electron chi connectivity index (χ4n) is 6.11. The Hall–Kier alpha value is -7.30. The molecular formula is C36H6F10N6. The molecule has 1 aromatic heterocycles. The van der Waals surface area contributed by atoms with Crippen LogP contribution in [-0.2, 0) is 0 Å². The first-order valence-corrected chi connectivity index (χ1v) is 14.1. The van der Waals surface area contributed by atoms with Gasteiger partial charge >= 0.3 is 0 Å². The van der Waals surface area contributed by atoms with E-state index in [4.69, 9.17) is 13.1 Å². The van der Waals surface area contributed by atoms with Gasteiger partial charge in [0.1, 0.15) is 0 Å². The zero-order valence-electron chi connectivity index (χ0n) is 24.9. The third kappa shape index (κ3) is 4.35. The van der Waals surface area contributed by atoms with Crippen LogP contribution in [0.3, 0.4) is 0 Å². The summed E-state index contributed by atoms with van der Waals surface area (Å²) in [4.78, 5) is 15.5. The minimum Gasteiger partial charge on any atom is -0.245 e. The molecule has 52 heavy (non-hydrogen) atoms. The van der Waals surface area contributed by atoms with Crippen LogP contribution in [0.4, 0.5) is 43.9 Å². The van der Waals surface area contributed by atoms with Crippen LogP contribution in [-0.4, -0.2) is 9.97 Å². The number of allylic oxidation sites excluding steroid dienone is 2. The maximum absolute atomic E-state index is 14.8. The molecule has 0 saturated heterocycles. The van der Waals surface area contributed by atoms with Gasteiger partial charge in [-0.15, -0.1) is 0 Å². The smallest absolute Gasteiger partial charge is 0.245 e. The molecular weight excluding hydrogens is 706 g/mol. The summed E-state index contributed by atoms with van der Waals surface area (Å²) < 4.78 is 143. The van der Waals surface area contributed by atoms with Gasteiger partial charge in [-0.05, 0) is 34.4 Å². The van der Waals surface area contributed by atoms with E-state index in [0.717, 1.165) is 36.4 Å². The van der Waals surface area contributed by atoms with Crippen molar-refractivity contribution in [1.29, 1.82) is 10.5 Å².